The minimum Gasteiger partial charge on any atom is -0.465 e. The molecule has 1 N–H and O–H groups in total. The number of hydrogen-bond acceptors (Lipinski definition) is 5. The van der Waals surface area contributed by atoms with Gasteiger partial charge in [-0.1, -0.05) is 30.3 Å². The molecule has 3 unspecified atom stereocenters. The zero-order chi connectivity index (χ0) is 18.0. The number of benzene rings is 1. The summed E-state index contributed by atoms with van der Waals surface area (Å²) in [5, 5.41) is 3.31. The zero-order valence-electron chi connectivity index (χ0n) is 15.1. The van der Waals surface area contributed by atoms with Gasteiger partial charge in [0.05, 0.1) is 12.5 Å². The molecule has 2 rings (SSSR count). The summed E-state index contributed by atoms with van der Waals surface area (Å²) in [5.41, 5.74) is -0.513. The molecule has 1 aromatic rings. The molecule has 5 heteroatoms. The highest BCUT2D eigenvalue weighted by Crippen LogP contribution is 2.40. The maximum Gasteiger partial charge on any atom is 0.326 e. The maximum atomic E-state index is 12.7. The van der Waals surface area contributed by atoms with Crippen LogP contribution in [-0.4, -0.2) is 29.7 Å². The van der Waals surface area contributed by atoms with E-state index in [1.165, 1.54) is 0 Å². The molecule has 1 aromatic carbocycles. The molecule has 1 heterocycles. The molecule has 0 spiro atoms. The van der Waals surface area contributed by atoms with Gasteiger partial charge < -0.3 is 9.47 Å². The molecule has 1 saturated heterocycles. The van der Waals surface area contributed by atoms with Gasteiger partial charge in [-0.25, -0.2) is 0 Å². The van der Waals surface area contributed by atoms with Gasteiger partial charge in [0.2, 0.25) is 0 Å². The Hall–Kier alpha value is -1.88. The first kappa shape index (κ1) is 18.5. The second-order valence-electron chi connectivity index (χ2n) is 7.43. The minimum absolute atomic E-state index is 0.282. The molecule has 5 nitrogen and oxygen atoms in total. The quantitative estimate of drug-likeness (QED) is 0.858. The first-order chi connectivity index (χ1) is 11.2. The van der Waals surface area contributed by atoms with Crippen LogP contribution in [0.15, 0.2) is 30.3 Å². The molecule has 1 fully saturated rings. The van der Waals surface area contributed by atoms with Gasteiger partial charge in [-0.3, -0.25) is 14.9 Å². The number of hydrogen-bond donors (Lipinski definition) is 1. The highest BCUT2D eigenvalue weighted by molar-refractivity contribution is 5.84. The number of carbonyl (C=O) groups is 2. The van der Waals surface area contributed by atoms with Gasteiger partial charge in [0.1, 0.15) is 11.1 Å². The lowest BCUT2D eigenvalue weighted by atomic mass is 9.90. The third-order valence-corrected chi connectivity index (χ3v) is 4.10. The van der Waals surface area contributed by atoms with E-state index in [9.17, 15) is 9.59 Å². The van der Waals surface area contributed by atoms with Crippen molar-refractivity contribution < 1.29 is 19.1 Å². The largest absolute Gasteiger partial charge is 0.465 e. The fourth-order valence-electron chi connectivity index (χ4n) is 3.07. The third-order valence-electron chi connectivity index (χ3n) is 4.10. The summed E-state index contributed by atoms with van der Waals surface area (Å²) in [6.45, 7) is 9.39. The van der Waals surface area contributed by atoms with Crippen molar-refractivity contribution in [1.82, 2.24) is 5.32 Å². The number of carbonyl (C=O) groups excluding carboxylic acids is 2. The fourth-order valence-corrected chi connectivity index (χ4v) is 3.07. The van der Waals surface area contributed by atoms with Crippen LogP contribution in [0.5, 0.6) is 0 Å². The van der Waals surface area contributed by atoms with Gasteiger partial charge in [-0.2, -0.15) is 0 Å². The van der Waals surface area contributed by atoms with Crippen LogP contribution in [0.4, 0.5) is 0 Å². The Morgan fingerprint density at radius 1 is 1.25 bits per heavy atom. The predicted molar refractivity (Wildman–Crippen MR) is 91.3 cm³/mol. The summed E-state index contributed by atoms with van der Waals surface area (Å²) >= 11 is 0. The molecule has 24 heavy (non-hydrogen) atoms. The van der Waals surface area contributed by atoms with Crippen molar-refractivity contribution in [2.45, 2.75) is 58.2 Å². The molecule has 0 aromatic heterocycles. The lowest BCUT2D eigenvalue weighted by Crippen LogP contribution is -2.46. The van der Waals surface area contributed by atoms with Crippen molar-refractivity contribution in [2.75, 3.05) is 6.61 Å². The van der Waals surface area contributed by atoms with Crippen LogP contribution >= 0.6 is 0 Å². The first-order valence-electron chi connectivity index (χ1n) is 8.39. The average Bonchev–Trinajstić information content (AvgIpc) is 2.86. The van der Waals surface area contributed by atoms with Gasteiger partial charge in [0.15, 0.2) is 0 Å². The number of ether oxygens (including phenoxy) is 2. The molecule has 1 aliphatic rings. The first-order valence-corrected chi connectivity index (χ1v) is 8.39. The Labute approximate surface area is 143 Å². The smallest absolute Gasteiger partial charge is 0.326 e. The number of esters is 2. The Kier molecular flexibility index (Phi) is 5.33. The molecule has 0 bridgehead atoms. The van der Waals surface area contributed by atoms with Gasteiger partial charge in [0, 0.05) is 6.04 Å². The fraction of sp³-hybridized carbons (Fsp3) is 0.579. The van der Waals surface area contributed by atoms with Crippen LogP contribution < -0.4 is 5.32 Å². The number of rotatable bonds is 4. The van der Waals surface area contributed by atoms with E-state index in [1.807, 2.05) is 51.1 Å². The van der Waals surface area contributed by atoms with Crippen molar-refractivity contribution in [3.63, 3.8) is 0 Å². The zero-order valence-corrected chi connectivity index (χ0v) is 15.1. The predicted octanol–water partition coefficient (Wildman–Crippen LogP) is 3.00. The molecular weight excluding hydrogens is 306 g/mol. The van der Waals surface area contributed by atoms with Gasteiger partial charge in [0.25, 0.3) is 0 Å². The molecule has 0 saturated carbocycles. The van der Waals surface area contributed by atoms with E-state index in [4.69, 9.17) is 9.47 Å². The van der Waals surface area contributed by atoms with Crippen LogP contribution in [-0.2, 0) is 19.1 Å². The Morgan fingerprint density at radius 3 is 2.42 bits per heavy atom. The highest BCUT2D eigenvalue weighted by Gasteiger charge is 2.51. The van der Waals surface area contributed by atoms with E-state index in [-0.39, 0.29) is 18.0 Å². The molecular formula is C19H27NO4. The van der Waals surface area contributed by atoms with Gasteiger partial charge >= 0.3 is 11.9 Å². The van der Waals surface area contributed by atoms with Crippen LogP contribution in [0.3, 0.4) is 0 Å². The summed E-state index contributed by atoms with van der Waals surface area (Å²) in [5.74, 6) is -1.07. The van der Waals surface area contributed by atoms with Crippen molar-refractivity contribution in [2.24, 2.45) is 5.92 Å². The van der Waals surface area contributed by atoms with Crippen molar-refractivity contribution in [1.29, 1.82) is 0 Å². The van der Waals surface area contributed by atoms with Crippen LogP contribution in [0.1, 0.15) is 52.6 Å². The molecule has 3 atom stereocenters. The molecule has 1 aliphatic heterocycles. The molecule has 0 aliphatic carbocycles. The molecule has 0 amide bonds. The summed E-state index contributed by atoms with van der Waals surface area (Å²) in [7, 11) is 0. The Bertz CT molecular complexity index is 593. The summed E-state index contributed by atoms with van der Waals surface area (Å²) in [4.78, 5) is 25.1. The topological polar surface area (TPSA) is 64.6 Å². The highest BCUT2D eigenvalue weighted by atomic mass is 16.6. The third kappa shape index (κ3) is 4.15. The van der Waals surface area contributed by atoms with Gasteiger partial charge in [-0.15, -0.1) is 0 Å². The van der Waals surface area contributed by atoms with Crippen molar-refractivity contribution in [3.8, 4) is 0 Å². The standard InChI is InChI=1S/C19H27NO4/c1-6-23-17(22)19(5)12-14(16(21)24-18(2,3)4)15(20-19)13-10-8-7-9-11-13/h7-11,14-15,20H,6,12H2,1-5H3. The van der Waals surface area contributed by atoms with E-state index in [2.05, 4.69) is 5.32 Å². The van der Waals surface area contributed by atoms with Crippen LogP contribution in [0, 0.1) is 5.92 Å². The van der Waals surface area contributed by atoms with Gasteiger partial charge in [-0.05, 0) is 46.6 Å². The monoisotopic (exact) mass is 333 g/mol. The van der Waals surface area contributed by atoms with Crippen molar-refractivity contribution >= 4 is 11.9 Å². The molecule has 132 valence electrons. The summed E-state index contributed by atoms with van der Waals surface area (Å²) < 4.78 is 10.8. The van der Waals surface area contributed by atoms with E-state index >= 15 is 0 Å². The lowest BCUT2D eigenvalue weighted by Gasteiger charge is -2.25. The maximum absolute atomic E-state index is 12.7. The Morgan fingerprint density at radius 2 is 1.88 bits per heavy atom. The number of nitrogens with one attached hydrogen (secondary N) is 1. The second kappa shape index (κ2) is 6.93. The van der Waals surface area contributed by atoms with E-state index in [0.29, 0.717) is 13.0 Å². The summed E-state index contributed by atoms with van der Waals surface area (Å²) in [6.07, 6.45) is 0.348. The average molecular weight is 333 g/mol. The van der Waals surface area contributed by atoms with Crippen LogP contribution in [0.25, 0.3) is 0 Å². The lowest BCUT2D eigenvalue weighted by molar-refractivity contribution is -0.160. The van der Waals surface area contributed by atoms with E-state index < -0.39 is 17.1 Å². The van der Waals surface area contributed by atoms with E-state index in [0.717, 1.165) is 5.56 Å². The minimum atomic E-state index is -0.905. The summed E-state index contributed by atoms with van der Waals surface area (Å²) in [6, 6.07) is 9.38. The van der Waals surface area contributed by atoms with Crippen molar-refractivity contribution in [3.05, 3.63) is 35.9 Å². The second-order valence-corrected chi connectivity index (χ2v) is 7.43. The van der Waals surface area contributed by atoms with E-state index in [1.54, 1.807) is 13.8 Å². The Balaban J connectivity index is 2.30. The normalized spacial score (nSPS) is 26.9. The van der Waals surface area contributed by atoms with Crippen LogP contribution in [0.2, 0.25) is 0 Å². The molecule has 0 radical (unpaired) electrons. The SMILES string of the molecule is CCOC(=O)C1(C)CC(C(=O)OC(C)(C)C)C(c2ccccc2)N1.